The molecule has 2 atom stereocenters. The summed E-state index contributed by atoms with van der Waals surface area (Å²) in [5, 5.41) is 8.17. The first-order chi connectivity index (χ1) is 20.4. The quantitative estimate of drug-likeness (QED) is 0.218. The summed E-state index contributed by atoms with van der Waals surface area (Å²) in [5.74, 6) is 0.932. The number of aromatic nitrogens is 2. The van der Waals surface area contributed by atoms with Crippen molar-refractivity contribution in [3.05, 3.63) is 72.1 Å². The predicted molar refractivity (Wildman–Crippen MR) is 160 cm³/mol. The highest BCUT2D eigenvalue weighted by Crippen LogP contribution is 2.60. The second-order valence-corrected chi connectivity index (χ2v) is 12.9. The molecule has 0 spiro atoms. The maximum atomic E-state index is 14.1. The van der Waals surface area contributed by atoms with E-state index < -0.39 is 18.1 Å². The van der Waals surface area contributed by atoms with Crippen LogP contribution in [-0.2, 0) is 32.0 Å². The molecule has 218 valence electrons. The van der Waals surface area contributed by atoms with Gasteiger partial charge >= 0.3 is 5.97 Å². The van der Waals surface area contributed by atoms with Gasteiger partial charge < -0.3 is 25.3 Å². The highest BCUT2D eigenvalue weighted by molar-refractivity contribution is 5.94. The monoisotopic (exact) mass is 566 g/mol. The third-order valence-corrected chi connectivity index (χ3v) is 10.1. The maximum Gasteiger partial charge on any atom is 0.328 e. The molecule has 0 radical (unpaired) electrons. The molecule has 2 amide bonds. The zero-order valence-corrected chi connectivity index (χ0v) is 24.0. The summed E-state index contributed by atoms with van der Waals surface area (Å²) in [6, 6.07) is 14.1. The Balaban J connectivity index is 1.16. The van der Waals surface area contributed by atoms with Crippen LogP contribution in [0.1, 0.15) is 49.7 Å². The number of hydrogen-bond acceptors (Lipinski definition) is 4. The Bertz CT molecular complexity index is 1620. The minimum Gasteiger partial charge on any atom is -0.467 e. The van der Waals surface area contributed by atoms with Crippen LogP contribution >= 0.6 is 0 Å². The molecule has 42 heavy (non-hydrogen) atoms. The van der Waals surface area contributed by atoms with E-state index in [1.165, 1.54) is 26.4 Å². The lowest BCUT2D eigenvalue weighted by molar-refractivity contribution is -0.149. The number of amides is 2. The van der Waals surface area contributed by atoms with Crippen LogP contribution in [0.25, 0.3) is 21.8 Å². The number of para-hydroxylation sites is 2. The largest absolute Gasteiger partial charge is 0.467 e. The fourth-order valence-corrected chi connectivity index (χ4v) is 8.56. The molecule has 4 aliphatic rings. The van der Waals surface area contributed by atoms with Gasteiger partial charge in [-0.25, -0.2) is 4.79 Å². The van der Waals surface area contributed by atoms with Crippen LogP contribution in [-0.4, -0.2) is 46.9 Å². The van der Waals surface area contributed by atoms with Gasteiger partial charge in [-0.3, -0.25) is 9.59 Å². The third-order valence-electron chi connectivity index (χ3n) is 10.1. The Morgan fingerprint density at radius 2 is 1.29 bits per heavy atom. The van der Waals surface area contributed by atoms with Crippen LogP contribution < -0.4 is 10.6 Å². The zero-order chi connectivity index (χ0) is 28.8. The van der Waals surface area contributed by atoms with Crippen molar-refractivity contribution in [1.29, 1.82) is 0 Å². The molecule has 4 N–H and O–H groups in total. The SMILES string of the molecule is COC(=O)[C@H](Cc1c[nH]c2ccccc12)NC(=O)[C@H](Cc1c[nH]c2ccccc12)NC(=O)C12CC3CC(CC(C3)C1)C2. The van der Waals surface area contributed by atoms with Crippen LogP contribution in [0.3, 0.4) is 0 Å². The molecule has 4 saturated carbocycles. The fourth-order valence-electron chi connectivity index (χ4n) is 8.56. The van der Waals surface area contributed by atoms with Gasteiger partial charge in [0, 0.05) is 52.5 Å². The average molecular weight is 567 g/mol. The molecule has 4 aliphatic carbocycles. The van der Waals surface area contributed by atoms with E-state index in [0.717, 1.165) is 52.2 Å². The Labute approximate surface area is 245 Å². The molecule has 0 saturated heterocycles. The highest BCUT2D eigenvalue weighted by atomic mass is 16.5. The van der Waals surface area contributed by atoms with E-state index in [2.05, 4.69) is 20.6 Å². The van der Waals surface area contributed by atoms with Crippen LogP contribution in [0.15, 0.2) is 60.9 Å². The van der Waals surface area contributed by atoms with Crippen LogP contribution in [0, 0.1) is 23.2 Å². The fraction of sp³-hybridized carbons (Fsp3) is 0.441. The van der Waals surface area contributed by atoms with Crippen molar-refractivity contribution in [3.8, 4) is 0 Å². The normalized spacial score (nSPS) is 25.8. The molecular weight excluding hydrogens is 528 g/mol. The Hall–Kier alpha value is -4.07. The number of carbonyl (C=O) groups is 3. The molecular formula is C34H38N4O4. The number of hydrogen-bond donors (Lipinski definition) is 4. The first kappa shape index (κ1) is 26.8. The molecule has 2 heterocycles. The van der Waals surface area contributed by atoms with Gasteiger partial charge in [-0.2, -0.15) is 0 Å². The summed E-state index contributed by atoms with van der Waals surface area (Å²) < 4.78 is 5.11. The molecule has 0 aliphatic heterocycles. The van der Waals surface area contributed by atoms with Crippen LogP contribution in [0.2, 0.25) is 0 Å². The number of esters is 1. The van der Waals surface area contributed by atoms with E-state index in [9.17, 15) is 14.4 Å². The van der Waals surface area contributed by atoms with Crippen molar-refractivity contribution in [2.45, 2.75) is 63.5 Å². The van der Waals surface area contributed by atoms with Crippen molar-refractivity contribution in [1.82, 2.24) is 20.6 Å². The lowest BCUT2D eigenvalue weighted by Crippen LogP contribution is -2.59. The second-order valence-electron chi connectivity index (χ2n) is 12.9. The lowest BCUT2D eigenvalue weighted by Gasteiger charge is -2.55. The molecule has 2 aromatic heterocycles. The first-order valence-corrected chi connectivity index (χ1v) is 15.2. The number of carbonyl (C=O) groups excluding carboxylic acids is 3. The smallest absolute Gasteiger partial charge is 0.328 e. The number of nitrogens with one attached hydrogen (secondary N) is 4. The standard InChI is InChI=1S/C34H38N4O4/c1-42-32(40)30(14-24-19-36-28-9-5-3-7-26(24)28)37-31(39)29(13-23-18-35-27-8-4-2-6-25(23)27)38-33(41)34-15-20-10-21(16-34)12-22(11-20)17-34/h2-9,18-22,29-30,35-36H,10-17H2,1H3,(H,37,39)(H,38,41)/t20?,21?,22?,29-,30-,34?/m0/s1. The zero-order valence-electron chi connectivity index (χ0n) is 24.0. The number of ether oxygens (including phenoxy) is 1. The molecule has 8 rings (SSSR count). The minimum absolute atomic E-state index is 0.00663. The predicted octanol–water partition coefficient (Wildman–Crippen LogP) is 4.79. The summed E-state index contributed by atoms with van der Waals surface area (Å²) in [6.07, 6.45) is 10.8. The molecule has 8 heteroatoms. The van der Waals surface area contributed by atoms with Gasteiger partial charge in [0.1, 0.15) is 12.1 Å². The van der Waals surface area contributed by atoms with Gasteiger partial charge in [-0.1, -0.05) is 36.4 Å². The van der Waals surface area contributed by atoms with Crippen LogP contribution in [0.4, 0.5) is 0 Å². The van der Waals surface area contributed by atoms with E-state index in [1.807, 2.05) is 60.9 Å². The van der Waals surface area contributed by atoms with Crippen LogP contribution in [0.5, 0.6) is 0 Å². The van der Waals surface area contributed by atoms with Gasteiger partial charge in [0.2, 0.25) is 11.8 Å². The van der Waals surface area contributed by atoms with Crippen molar-refractivity contribution in [2.75, 3.05) is 7.11 Å². The number of fused-ring (bicyclic) bond motifs is 2. The Morgan fingerprint density at radius 3 is 1.81 bits per heavy atom. The van der Waals surface area contributed by atoms with Gasteiger partial charge in [-0.15, -0.1) is 0 Å². The number of H-pyrrole nitrogens is 2. The van der Waals surface area contributed by atoms with Crippen molar-refractivity contribution >= 4 is 39.6 Å². The minimum atomic E-state index is -0.899. The van der Waals surface area contributed by atoms with Gasteiger partial charge in [0.25, 0.3) is 0 Å². The second kappa shape index (κ2) is 10.6. The van der Waals surface area contributed by atoms with Gasteiger partial charge in [0.05, 0.1) is 7.11 Å². The van der Waals surface area contributed by atoms with Crippen molar-refractivity contribution in [2.24, 2.45) is 23.2 Å². The van der Waals surface area contributed by atoms with Crippen molar-refractivity contribution in [3.63, 3.8) is 0 Å². The molecule has 4 bridgehead atoms. The highest BCUT2D eigenvalue weighted by Gasteiger charge is 2.55. The van der Waals surface area contributed by atoms with E-state index in [1.54, 1.807) is 0 Å². The Morgan fingerprint density at radius 1 is 0.786 bits per heavy atom. The molecule has 4 fully saturated rings. The number of rotatable bonds is 9. The van der Waals surface area contributed by atoms with Gasteiger partial charge in [-0.05, 0) is 79.5 Å². The van der Waals surface area contributed by atoms with Gasteiger partial charge in [0.15, 0.2) is 0 Å². The van der Waals surface area contributed by atoms with E-state index in [-0.39, 0.29) is 23.7 Å². The first-order valence-electron chi connectivity index (χ1n) is 15.2. The van der Waals surface area contributed by atoms with E-state index in [4.69, 9.17) is 4.74 Å². The average Bonchev–Trinajstić information content (AvgIpc) is 3.59. The topological polar surface area (TPSA) is 116 Å². The molecule has 2 aromatic carbocycles. The molecule has 4 aromatic rings. The Kier molecular flexibility index (Phi) is 6.79. The van der Waals surface area contributed by atoms with E-state index in [0.29, 0.717) is 24.2 Å². The summed E-state index contributed by atoms with van der Waals surface area (Å²) in [4.78, 5) is 47.6. The molecule has 0 unspecified atom stereocenters. The summed E-state index contributed by atoms with van der Waals surface area (Å²) in [5.41, 5.74) is 3.41. The summed E-state index contributed by atoms with van der Waals surface area (Å²) in [7, 11) is 1.33. The van der Waals surface area contributed by atoms with Crippen molar-refractivity contribution < 1.29 is 19.1 Å². The number of methoxy groups -OCH3 is 1. The number of aromatic amines is 2. The maximum absolute atomic E-state index is 14.1. The summed E-state index contributed by atoms with van der Waals surface area (Å²) in [6.45, 7) is 0. The third kappa shape index (κ3) is 4.86. The lowest BCUT2D eigenvalue weighted by atomic mass is 9.49. The van der Waals surface area contributed by atoms with E-state index >= 15 is 0 Å². The number of benzene rings is 2. The molecule has 8 nitrogen and oxygen atoms in total. The summed E-state index contributed by atoms with van der Waals surface area (Å²) >= 11 is 0.